The SMILES string of the molecule is CC(O)CN(C)c1ccccc1CNC(C)C. The van der Waals surface area contributed by atoms with Gasteiger partial charge in [0, 0.05) is 31.9 Å². The zero-order valence-corrected chi connectivity index (χ0v) is 11.3. The highest BCUT2D eigenvalue weighted by molar-refractivity contribution is 5.53. The Kier molecular flexibility index (Phi) is 5.45. The number of rotatable bonds is 6. The molecular formula is C14H24N2O. The van der Waals surface area contributed by atoms with Crippen molar-refractivity contribution in [3.63, 3.8) is 0 Å². The molecule has 17 heavy (non-hydrogen) atoms. The molecule has 0 bridgehead atoms. The molecule has 0 spiro atoms. The van der Waals surface area contributed by atoms with Crippen molar-refractivity contribution in [2.75, 3.05) is 18.5 Å². The molecule has 0 aliphatic rings. The number of hydrogen-bond donors (Lipinski definition) is 2. The number of para-hydroxylation sites is 1. The molecule has 2 N–H and O–H groups in total. The highest BCUT2D eigenvalue weighted by Crippen LogP contribution is 2.19. The Morgan fingerprint density at radius 3 is 2.47 bits per heavy atom. The second kappa shape index (κ2) is 6.62. The largest absolute Gasteiger partial charge is 0.392 e. The van der Waals surface area contributed by atoms with E-state index in [9.17, 15) is 5.11 Å². The molecule has 3 nitrogen and oxygen atoms in total. The first kappa shape index (κ1) is 14.0. The second-order valence-electron chi connectivity index (χ2n) is 4.89. The van der Waals surface area contributed by atoms with Crippen LogP contribution < -0.4 is 10.2 Å². The second-order valence-corrected chi connectivity index (χ2v) is 4.89. The van der Waals surface area contributed by atoms with E-state index in [0.29, 0.717) is 12.6 Å². The van der Waals surface area contributed by atoms with Crippen LogP contribution in [0, 0.1) is 0 Å². The van der Waals surface area contributed by atoms with E-state index >= 15 is 0 Å². The first-order chi connectivity index (χ1) is 8.00. The molecule has 1 aromatic carbocycles. The van der Waals surface area contributed by atoms with Crippen LogP contribution in [0.25, 0.3) is 0 Å². The van der Waals surface area contributed by atoms with Gasteiger partial charge in [-0.05, 0) is 18.6 Å². The molecule has 96 valence electrons. The molecule has 0 radical (unpaired) electrons. The Balaban J connectivity index is 2.76. The van der Waals surface area contributed by atoms with E-state index in [1.807, 2.05) is 20.0 Å². The van der Waals surface area contributed by atoms with Crippen LogP contribution in [0.15, 0.2) is 24.3 Å². The van der Waals surface area contributed by atoms with Crippen molar-refractivity contribution < 1.29 is 5.11 Å². The van der Waals surface area contributed by atoms with Crippen LogP contribution in [0.1, 0.15) is 26.3 Å². The summed E-state index contributed by atoms with van der Waals surface area (Å²) in [5, 5.41) is 12.9. The Morgan fingerprint density at radius 1 is 1.24 bits per heavy atom. The van der Waals surface area contributed by atoms with Crippen LogP contribution in [0.2, 0.25) is 0 Å². The van der Waals surface area contributed by atoms with Gasteiger partial charge in [0.1, 0.15) is 0 Å². The maximum Gasteiger partial charge on any atom is 0.0686 e. The molecule has 1 rings (SSSR count). The first-order valence-electron chi connectivity index (χ1n) is 6.21. The van der Waals surface area contributed by atoms with Gasteiger partial charge in [0.25, 0.3) is 0 Å². The van der Waals surface area contributed by atoms with Crippen molar-refractivity contribution >= 4 is 5.69 Å². The van der Waals surface area contributed by atoms with Crippen molar-refractivity contribution in [1.29, 1.82) is 0 Å². The molecule has 1 atom stereocenters. The maximum absolute atomic E-state index is 9.44. The Labute approximate surface area is 104 Å². The molecule has 3 heteroatoms. The van der Waals surface area contributed by atoms with Crippen molar-refractivity contribution in [2.24, 2.45) is 0 Å². The van der Waals surface area contributed by atoms with Gasteiger partial charge in [0.15, 0.2) is 0 Å². The number of aliphatic hydroxyl groups excluding tert-OH is 1. The van der Waals surface area contributed by atoms with Gasteiger partial charge in [0.2, 0.25) is 0 Å². The Morgan fingerprint density at radius 2 is 1.88 bits per heavy atom. The molecule has 0 fully saturated rings. The lowest BCUT2D eigenvalue weighted by molar-refractivity contribution is 0.201. The number of likely N-dealkylation sites (N-methyl/N-ethyl adjacent to an activating group) is 1. The lowest BCUT2D eigenvalue weighted by atomic mass is 10.1. The fraction of sp³-hybridized carbons (Fsp3) is 0.571. The van der Waals surface area contributed by atoms with Crippen LogP contribution in [0.5, 0.6) is 0 Å². The monoisotopic (exact) mass is 236 g/mol. The molecule has 0 aliphatic heterocycles. The first-order valence-corrected chi connectivity index (χ1v) is 6.21. The highest BCUT2D eigenvalue weighted by atomic mass is 16.3. The molecule has 0 aromatic heterocycles. The summed E-state index contributed by atoms with van der Waals surface area (Å²) >= 11 is 0. The number of aliphatic hydroxyl groups is 1. The Bertz CT molecular complexity index is 337. The average molecular weight is 236 g/mol. The third kappa shape index (κ3) is 4.75. The maximum atomic E-state index is 9.44. The number of nitrogens with zero attached hydrogens (tertiary/aromatic N) is 1. The predicted octanol–water partition coefficient (Wildman–Crippen LogP) is 2.00. The van der Waals surface area contributed by atoms with Crippen molar-refractivity contribution in [3.05, 3.63) is 29.8 Å². The van der Waals surface area contributed by atoms with Gasteiger partial charge in [-0.2, -0.15) is 0 Å². The molecule has 0 aliphatic carbocycles. The van der Waals surface area contributed by atoms with Crippen LogP contribution in [0.4, 0.5) is 5.69 Å². The van der Waals surface area contributed by atoms with Crippen LogP contribution in [-0.2, 0) is 6.54 Å². The summed E-state index contributed by atoms with van der Waals surface area (Å²) in [5.41, 5.74) is 2.45. The Hall–Kier alpha value is -1.06. The van der Waals surface area contributed by atoms with Crippen LogP contribution in [0.3, 0.4) is 0 Å². The molecular weight excluding hydrogens is 212 g/mol. The van der Waals surface area contributed by atoms with E-state index in [2.05, 4.69) is 42.3 Å². The quantitative estimate of drug-likeness (QED) is 0.793. The average Bonchev–Trinajstić information content (AvgIpc) is 2.25. The summed E-state index contributed by atoms with van der Waals surface area (Å²) in [5.74, 6) is 0. The van der Waals surface area contributed by atoms with Gasteiger partial charge in [-0.1, -0.05) is 32.0 Å². The summed E-state index contributed by atoms with van der Waals surface area (Å²) in [6.07, 6.45) is -0.314. The van der Waals surface area contributed by atoms with E-state index < -0.39 is 0 Å². The molecule has 0 heterocycles. The number of benzene rings is 1. The topological polar surface area (TPSA) is 35.5 Å². The number of hydrogen-bond acceptors (Lipinski definition) is 3. The van der Waals surface area contributed by atoms with Gasteiger partial charge in [-0.25, -0.2) is 0 Å². The van der Waals surface area contributed by atoms with Crippen molar-refractivity contribution in [3.8, 4) is 0 Å². The zero-order valence-electron chi connectivity index (χ0n) is 11.3. The van der Waals surface area contributed by atoms with Gasteiger partial charge in [-0.15, -0.1) is 0 Å². The summed E-state index contributed by atoms with van der Waals surface area (Å²) in [6.45, 7) is 7.60. The molecule has 0 saturated heterocycles. The van der Waals surface area contributed by atoms with Crippen molar-refractivity contribution in [1.82, 2.24) is 5.32 Å². The summed E-state index contributed by atoms with van der Waals surface area (Å²) in [7, 11) is 2.01. The number of anilines is 1. The zero-order chi connectivity index (χ0) is 12.8. The fourth-order valence-electron chi connectivity index (χ4n) is 1.84. The van der Waals surface area contributed by atoms with Crippen molar-refractivity contribution in [2.45, 2.75) is 39.5 Å². The van der Waals surface area contributed by atoms with Crippen LogP contribution in [-0.4, -0.2) is 30.8 Å². The van der Waals surface area contributed by atoms with Gasteiger partial charge in [-0.3, -0.25) is 0 Å². The smallest absolute Gasteiger partial charge is 0.0686 e. The van der Waals surface area contributed by atoms with Gasteiger partial charge in [0.05, 0.1) is 6.10 Å². The molecule has 1 unspecified atom stereocenters. The summed E-state index contributed by atoms with van der Waals surface area (Å²) < 4.78 is 0. The summed E-state index contributed by atoms with van der Waals surface area (Å²) in [6, 6.07) is 8.79. The third-order valence-corrected chi connectivity index (χ3v) is 2.64. The molecule has 0 amide bonds. The normalized spacial score (nSPS) is 12.8. The minimum Gasteiger partial charge on any atom is -0.392 e. The summed E-state index contributed by atoms with van der Waals surface area (Å²) in [4.78, 5) is 2.10. The van der Waals surface area contributed by atoms with E-state index in [4.69, 9.17) is 0 Å². The fourth-order valence-corrected chi connectivity index (χ4v) is 1.84. The minimum atomic E-state index is -0.314. The third-order valence-electron chi connectivity index (χ3n) is 2.64. The van der Waals surface area contributed by atoms with E-state index in [1.54, 1.807) is 0 Å². The van der Waals surface area contributed by atoms with Crippen LogP contribution >= 0.6 is 0 Å². The highest BCUT2D eigenvalue weighted by Gasteiger charge is 2.08. The predicted molar refractivity (Wildman–Crippen MR) is 73.4 cm³/mol. The van der Waals surface area contributed by atoms with Gasteiger partial charge >= 0.3 is 0 Å². The van der Waals surface area contributed by atoms with Gasteiger partial charge < -0.3 is 15.3 Å². The molecule has 1 aromatic rings. The lowest BCUT2D eigenvalue weighted by Gasteiger charge is -2.24. The molecule has 0 saturated carbocycles. The van der Waals surface area contributed by atoms with E-state index in [1.165, 1.54) is 11.3 Å². The number of nitrogens with one attached hydrogen (secondary N) is 1. The van der Waals surface area contributed by atoms with E-state index in [0.717, 1.165) is 6.54 Å². The standard InChI is InChI=1S/C14H24N2O/c1-11(2)15-9-13-7-5-6-8-14(13)16(4)10-12(3)17/h5-8,11-12,15,17H,9-10H2,1-4H3. The minimum absolute atomic E-state index is 0.314. The lowest BCUT2D eigenvalue weighted by Crippen LogP contribution is -2.29. The van der Waals surface area contributed by atoms with E-state index in [-0.39, 0.29) is 6.10 Å².